The third-order valence-electron chi connectivity index (χ3n) is 3.02. The Bertz CT molecular complexity index is 676. The van der Waals surface area contributed by atoms with Crippen LogP contribution in [0, 0.1) is 0 Å². The van der Waals surface area contributed by atoms with Gasteiger partial charge in [0, 0.05) is 37.4 Å². The van der Waals surface area contributed by atoms with Crippen LogP contribution in [0.5, 0.6) is 0 Å². The Morgan fingerprint density at radius 1 is 1.48 bits per heavy atom. The average molecular weight is 313 g/mol. The summed E-state index contributed by atoms with van der Waals surface area (Å²) in [5, 5.41) is 3.46. The van der Waals surface area contributed by atoms with Gasteiger partial charge in [-0.3, -0.25) is 0 Å². The van der Waals surface area contributed by atoms with Gasteiger partial charge in [-0.1, -0.05) is 5.16 Å². The molecule has 0 saturated heterocycles. The van der Waals surface area contributed by atoms with E-state index in [1.54, 1.807) is 12.3 Å². The molecular formula is C12H19N5O3S. The van der Waals surface area contributed by atoms with Crippen molar-refractivity contribution in [2.75, 3.05) is 6.54 Å². The monoisotopic (exact) mass is 313 g/mol. The van der Waals surface area contributed by atoms with Gasteiger partial charge in [-0.15, -0.1) is 0 Å². The van der Waals surface area contributed by atoms with Gasteiger partial charge in [0.1, 0.15) is 0 Å². The second kappa shape index (κ2) is 6.37. The normalized spacial score (nSPS) is 12.2. The molecule has 116 valence electrons. The van der Waals surface area contributed by atoms with E-state index in [2.05, 4.69) is 14.9 Å². The van der Waals surface area contributed by atoms with Gasteiger partial charge in [0.05, 0.1) is 4.90 Å². The van der Waals surface area contributed by atoms with Gasteiger partial charge in [0.25, 0.3) is 0 Å². The van der Waals surface area contributed by atoms with E-state index in [0.717, 1.165) is 5.69 Å². The van der Waals surface area contributed by atoms with Crippen LogP contribution in [0.1, 0.15) is 31.5 Å². The van der Waals surface area contributed by atoms with Gasteiger partial charge in [0.15, 0.2) is 6.33 Å². The molecule has 0 saturated carbocycles. The molecule has 0 aliphatic rings. The van der Waals surface area contributed by atoms with E-state index < -0.39 is 10.0 Å². The van der Waals surface area contributed by atoms with Crippen LogP contribution in [0.15, 0.2) is 28.0 Å². The standard InChI is InChI=1S/C12H19N5O3S/c1-9(2)17-7-11(5-10(17)6-13)21(18,19)16-4-3-12-14-8-15-20-12/h5,7-9,16H,3-4,6,13H2,1-2H3. The van der Waals surface area contributed by atoms with Crippen LogP contribution < -0.4 is 10.5 Å². The smallest absolute Gasteiger partial charge is 0.242 e. The Hall–Kier alpha value is -1.71. The van der Waals surface area contributed by atoms with Crippen molar-refractivity contribution in [2.24, 2.45) is 5.73 Å². The second-order valence-corrected chi connectivity index (χ2v) is 6.62. The summed E-state index contributed by atoms with van der Waals surface area (Å²) in [6, 6.07) is 1.74. The first-order valence-electron chi connectivity index (χ1n) is 6.60. The Labute approximate surface area is 123 Å². The van der Waals surface area contributed by atoms with E-state index in [9.17, 15) is 8.42 Å². The minimum Gasteiger partial charge on any atom is -0.346 e. The fraction of sp³-hybridized carbons (Fsp3) is 0.500. The van der Waals surface area contributed by atoms with Gasteiger partial charge < -0.3 is 14.8 Å². The zero-order valence-electron chi connectivity index (χ0n) is 12.0. The summed E-state index contributed by atoms with van der Waals surface area (Å²) in [5.74, 6) is 0.389. The van der Waals surface area contributed by atoms with E-state index in [1.807, 2.05) is 18.4 Å². The number of nitrogens with zero attached hydrogens (tertiary/aromatic N) is 3. The SMILES string of the molecule is CC(C)n1cc(S(=O)(=O)NCCc2ncno2)cc1CN. The lowest BCUT2D eigenvalue weighted by Crippen LogP contribution is -2.25. The summed E-state index contributed by atoms with van der Waals surface area (Å²) in [6.07, 6.45) is 3.22. The summed E-state index contributed by atoms with van der Waals surface area (Å²) in [7, 11) is -3.58. The van der Waals surface area contributed by atoms with Crippen LogP contribution in [0.25, 0.3) is 0 Å². The van der Waals surface area contributed by atoms with Gasteiger partial charge in [0.2, 0.25) is 15.9 Å². The van der Waals surface area contributed by atoms with Crippen molar-refractivity contribution in [1.29, 1.82) is 0 Å². The Balaban J connectivity index is 2.08. The molecule has 8 nitrogen and oxygen atoms in total. The number of rotatable bonds is 7. The number of nitrogens with one attached hydrogen (secondary N) is 1. The molecule has 0 fully saturated rings. The minimum absolute atomic E-state index is 0.144. The predicted molar refractivity (Wildman–Crippen MR) is 75.9 cm³/mol. The first kappa shape index (κ1) is 15.7. The zero-order chi connectivity index (χ0) is 15.5. The lowest BCUT2D eigenvalue weighted by molar-refractivity contribution is 0.377. The van der Waals surface area contributed by atoms with Crippen molar-refractivity contribution in [1.82, 2.24) is 19.4 Å². The second-order valence-electron chi connectivity index (χ2n) is 4.86. The molecule has 2 aromatic heterocycles. The lowest BCUT2D eigenvalue weighted by atomic mass is 10.3. The van der Waals surface area contributed by atoms with Gasteiger partial charge in [-0.2, -0.15) is 4.98 Å². The van der Waals surface area contributed by atoms with E-state index >= 15 is 0 Å². The fourth-order valence-electron chi connectivity index (χ4n) is 1.97. The van der Waals surface area contributed by atoms with Gasteiger partial charge in [-0.05, 0) is 19.9 Å². The van der Waals surface area contributed by atoms with Gasteiger partial charge in [-0.25, -0.2) is 13.1 Å². The van der Waals surface area contributed by atoms with Crippen LogP contribution in [0.3, 0.4) is 0 Å². The third kappa shape index (κ3) is 3.69. The van der Waals surface area contributed by atoms with Crippen LogP contribution in [-0.2, 0) is 23.0 Å². The third-order valence-corrected chi connectivity index (χ3v) is 4.45. The molecule has 3 N–H and O–H groups in total. The summed E-state index contributed by atoms with van der Waals surface area (Å²) >= 11 is 0. The molecule has 9 heteroatoms. The van der Waals surface area contributed by atoms with E-state index in [-0.39, 0.29) is 24.0 Å². The highest BCUT2D eigenvalue weighted by Gasteiger charge is 2.18. The molecule has 2 heterocycles. The summed E-state index contributed by atoms with van der Waals surface area (Å²) in [4.78, 5) is 4.04. The first-order chi connectivity index (χ1) is 9.94. The predicted octanol–water partition coefficient (Wildman–Crippen LogP) is 0.432. The molecule has 0 atom stereocenters. The number of sulfonamides is 1. The summed E-state index contributed by atoms with van der Waals surface area (Å²) in [6.45, 7) is 4.42. The molecule has 0 aliphatic heterocycles. The molecule has 21 heavy (non-hydrogen) atoms. The van der Waals surface area contributed by atoms with Crippen molar-refractivity contribution in [3.63, 3.8) is 0 Å². The minimum atomic E-state index is -3.58. The van der Waals surface area contributed by atoms with Crippen LogP contribution >= 0.6 is 0 Å². The molecule has 2 aromatic rings. The molecule has 0 aliphatic carbocycles. The summed E-state index contributed by atoms with van der Waals surface area (Å²) in [5.41, 5.74) is 6.43. The first-order valence-corrected chi connectivity index (χ1v) is 8.08. The maximum Gasteiger partial charge on any atom is 0.242 e. The van der Waals surface area contributed by atoms with Crippen molar-refractivity contribution in [3.05, 3.63) is 30.2 Å². The lowest BCUT2D eigenvalue weighted by Gasteiger charge is -2.10. The molecule has 2 rings (SSSR count). The molecule has 0 aromatic carbocycles. The van der Waals surface area contributed by atoms with E-state index in [0.29, 0.717) is 12.3 Å². The maximum atomic E-state index is 12.2. The molecule has 0 unspecified atom stereocenters. The van der Waals surface area contributed by atoms with E-state index in [1.165, 1.54) is 6.33 Å². The van der Waals surface area contributed by atoms with Gasteiger partial charge >= 0.3 is 0 Å². The van der Waals surface area contributed by atoms with Crippen molar-refractivity contribution >= 4 is 10.0 Å². The fourth-order valence-corrected chi connectivity index (χ4v) is 3.05. The van der Waals surface area contributed by atoms with Crippen LogP contribution in [-0.4, -0.2) is 29.7 Å². The molecule has 0 amide bonds. The molecule has 0 radical (unpaired) electrons. The van der Waals surface area contributed by atoms with Crippen LogP contribution in [0.4, 0.5) is 0 Å². The largest absolute Gasteiger partial charge is 0.346 e. The number of hydrogen-bond acceptors (Lipinski definition) is 6. The highest BCUT2D eigenvalue weighted by molar-refractivity contribution is 7.89. The Morgan fingerprint density at radius 3 is 2.76 bits per heavy atom. The molecule has 0 bridgehead atoms. The zero-order valence-corrected chi connectivity index (χ0v) is 12.8. The Kier molecular flexibility index (Phi) is 4.76. The van der Waals surface area contributed by atoms with Crippen LogP contribution in [0.2, 0.25) is 0 Å². The highest BCUT2D eigenvalue weighted by atomic mass is 32.2. The molecule has 0 spiro atoms. The number of nitrogens with two attached hydrogens (primary N) is 1. The Morgan fingerprint density at radius 2 is 2.24 bits per heavy atom. The topological polar surface area (TPSA) is 116 Å². The maximum absolute atomic E-state index is 12.2. The van der Waals surface area contributed by atoms with Crippen molar-refractivity contribution < 1.29 is 12.9 Å². The number of aromatic nitrogens is 3. The quantitative estimate of drug-likeness (QED) is 0.766. The summed E-state index contributed by atoms with van der Waals surface area (Å²) < 4.78 is 33.6. The van der Waals surface area contributed by atoms with E-state index in [4.69, 9.17) is 10.3 Å². The van der Waals surface area contributed by atoms with Crippen molar-refractivity contribution in [3.8, 4) is 0 Å². The highest BCUT2D eigenvalue weighted by Crippen LogP contribution is 2.18. The molecular weight excluding hydrogens is 294 g/mol. The van der Waals surface area contributed by atoms with Crippen molar-refractivity contribution in [2.45, 2.75) is 37.8 Å². The number of hydrogen-bond donors (Lipinski definition) is 2. The average Bonchev–Trinajstić information content (AvgIpc) is 3.07.